The molecule has 2 heterocycles. The molecule has 0 aromatic carbocycles. The Morgan fingerprint density at radius 2 is 1.25 bits per heavy atom. The number of hydrogen-bond donors (Lipinski definition) is 0. The molecule has 0 spiro atoms. The largest absolute Gasteiger partial charge is 0.300 e. The zero-order valence-electron chi connectivity index (χ0n) is 8.59. The molecular weight excluding hydrogens is 146 g/mol. The lowest BCUT2D eigenvalue weighted by molar-refractivity contribution is 0.187. The summed E-state index contributed by atoms with van der Waals surface area (Å²) >= 11 is 0. The van der Waals surface area contributed by atoms with E-state index in [4.69, 9.17) is 0 Å². The van der Waals surface area contributed by atoms with Crippen molar-refractivity contribution in [3.8, 4) is 0 Å². The summed E-state index contributed by atoms with van der Waals surface area (Å²) in [7, 11) is 2.33. The van der Waals surface area contributed by atoms with Gasteiger partial charge in [0.05, 0.1) is 0 Å². The van der Waals surface area contributed by atoms with Crippen molar-refractivity contribution in [1.29, 1.82) is 0 Å². The third kappa shape index (κ3) is 1.19. The van der Waals surface area contributed by atoms with Crippen molar-refractivity contribution in [3.05, 3.63) is 0 Å². The Morgan fingerprint density at radius 1 is 0.833 bits per heavy atom. The van der Waals surface area contributed by atoms with Gasteiger partial charge in [0.15, 0.2) is 0 Å². The molecule has 1 heteroatoms. The van der Waals surface area contributed by atoms with E-state index >= 15 is 0 Å². The first-order valence-corrected chi connectivity index (χ1v) is 5.42. The molecule has 0 saturated carbocycles. The fourth-order valence-electron chi connectivity index (χ4n) is 3.28. The molecule has 4 atom stereocenters. The summed E-state index contributed by atoms with van der Waals surface area (Å²) in [6.07, 6.45) is 5.80. The molecule has 70 valence electrons. The lowest BCUT2D eigenvalue weighted by atomic mass is 9.87. The molecule has 2 bridgehead atoms. The predicted octanol–water partition coefficient (Wildman–Crippen LogP) is 2.52. The van der Waals surface area contributed by atoms with E-state index in [1.165, 1.54) is 25.7 Å². The lowest BCUT2D eigenvalue weighted by Gasteiger charge is -2.27. The van der Waals surface area contributed by atoms with Crippen LogP contribution < -0.4 is 0 Å². The topological polar surface area (TPSA) is 3.24 Å². The smallest absolute Gasteiger partial charge is 0.0121 e. The van der Waals surface area contributed by atoms with Crippen molar-refractivity contribution >= 4 is 0 Å². The van der Waals surface area contributed by atoms with Crippen molar-refractivity contribution in [3.63, 3.8) is 0 Å². The second-order valence-electron chi connectivity index (χ2n) is 4.91. The van der Waals surface area contributed by atoms with Crippen LogP contribution in [0.3, 0.4) is 0 Å². The Bertz CT molecular complexity index is 148. The summed E-state index contributed by atoms with van der Waals surface area (Å²) in [6, 6.07) is 1.81. The molecule has 0 aromatic rings. The first kappa shape index (κ1) is 8.55. The third-order valence-electron chi connectivity index (χ3n) is 4.20. The minimum absolute atomic E-state index is 0.903. The lowest BCUT2D eigenvalue weighted by Crippen LogP contribution is -2.36. The second-order valence-corrected chi connectivity index (χ2v) is 4.91. The highest BCUT2D eigenvalue weighted by molar-refractivity contribution is 4.93. The molecular formula is C11H21N. The molecule has 4 unspecified atom stereocenters. The van der Waals surface area contributed by atoms with Gasteiger partial charge in [-0.2, -0.15) is 0 Å². The average molecular weight is 167 g/mol. The molecule has 0 aliphatic carbocycles. The van der Waals surface area contributed by atoms with Crippen LogP contribution in [0, 0.1) is 11.8 Å². The van der Waals surface area contributed by atoms with Crippen molar-refractivity contribution in [2.75, 3.05) is 7.05 Å². The first-order chi connectivity index (χ1) is 5.70. The van der Waals surface area contributed by atoms with Crippen LogP contribution in [0.4, 0.5) is 0 Å². The second kappa shape index (κ2) is 3.02. The minimum atomic E-state index is 0.903. The predicted molar refractivity (Wildman–Crippen MR) is 52.1 cm³/mol. The van der Waals surface area contributed by atoms with Crippen molar-refractivity contribution in [2.24, 2.45) is 11.8 Å². The van der Waals surface area contributed by atoms with Gasteiger partial charge in [-0.15, -0.1) is 0 Å². The molecule has 0 N–H and O–H groups in total. The van der Waals surface area contributed by atoms with E-state index < -0.39 is 0 Å². The normalized spacial score (nSPS) is 49.2. The van der Waals surface area contributed by atoms with Crippen LogP contribution in [0.15, 0.2) is 0 Å². The zero-order valence-corrected chi connectivity index (χ0v) is 8.59. The van der Waals surface area contributed by atoms with E-state index in [2.05, 4.69) is 25.8 Å². The van der Waals surface area contributed by atoms with Gasteiger partial charge in [-0.25, -0.2) is 0 Å². The molecule has 2 rings (SSSR count). The van der Waals surface area contributed by atoms with Crippen LogP contribution in [0.25, 0.3) is 0 Å². The summed E-state index contributed by atoms with van der Waals surface area (Å²) in [6.45, 7) is 4.86. The highest BCUT2D eigenvalue weighted by Crippen LogP contribution is 2.38. The van der Waals surface area contributed by atoms with Gasteiger partial charge >= 0.3 is 0 Å². The monoisotopic (exact) mass is 167 g/mol. The van der Waals surface area contributed by atoms with E-state index in [9.17, 15) is 0 Å². The van der Waals surface area contributed by atoms with E-state index in [-0.39, 0.29) is 0 Å². The highest BCUT2D eigenvalue weighted by Gasteiger charge is 2.38. The Balaban J connectivity index is 2.17. The van der Waals surface area contributed by atoms with Crippen molar-refractivity contribution < 1.29 is 0 Å². The fraction of sp³-hybridized carbons (Fsp3) is 1.00. The molecule has 1 nitrogen and oxygen atoms in total. The van der Waals surface area contributed by atoms with E-state index in [1.807, 2.05) is 0 Å². The van der Waals surface area contributed by atoms with Gasteiger partial charge in [-0.05, 0) is 44.6 Å². The minimum Gasteiger partial charge on any atom is -0.300 e. The summed E-state index contributed by atoms with van der Waals surface area (Å²) in [4.78, 5) is 2.66. The van der Waals surface area contributed by atoms with Crippen LogP contribution in [0.2, 0.25) is 0 Å². The maximum absolute atomic E-state index is 2.66. The summed E-state index contributed by atoms with van der Waals surface area (Å²) in [5, 5.41) is 0. The number of fused-ring (bicyclic) bond motifs is 2. The first-order valence-electron chi connectivity index (χ1n) is 5.42. The van der Waals surface area contributed by atoms with Crippen LogP contribution in [-0.4, -0.2) is 24.0 Å². The van der Waals surface area contributed by atoms with Crippen LogP contribution in [0.1, 0.15) is 39.5 Å². The molecule has 0 aromatic heterocycles. The molecule has 0 amide bonds. The van der Waals surface area contributed by atoms with Crippen LogP contribution >= 0.6 is 0 Å². The summed E-state index contributed by atoms with van der Waals surface area (Å²) in [5.41, 5.74) is 0. The fourth-order valence-corrected chi connectivity index (χ4v) is 3.28. The zero-order chi connectivity index (χ0) is 8.72. The Labute approximate surface area is 76.1 Å². The van der Waals surface area contributed by atoms with Gasteiger partial charge in [0.25, 0.3) is 0 Å². The highest BCUT2D eigenvalue weighted by atomic mass is 15.2. The summed E-state index contributed by atoms with van der Waals surface area (Å²) < 4.78 is 0. The van der Waals surface area contributed by atoms with Gasteiger partial charge < -0.3 is 0 Å². The number of rotatable bonds is 0. The van der Waals surface area contributed by atoms with Gasteiger partial charge in [-0.1, -0.05) is 13.8 Å². The van der Waals surface area contributed by atoms with Crippen molar-refractivity contribution in [1.82, 2.24) is 4.90 Å². The van der Waals surface area contributed by atoms with E-state index in [0.29, 0.717) is 0 Å². The van der Waals surface area contributed by atoms with E-state index in [0.717, 1.165) is 23.9 Å². The Kier molecular flexibility index (Phi) is 2.16. The standard InChI is InChI=1S/C11H21N/c1-8-4-5-9(2)11-7-6-10(8)12(11)3/h8-11H,4-7H2,1-3H3. The maximum atomic E-state index is 2.66. The molecule has 2 fully saturated rings. The van der Waals surface area contributed by atoms with Crippen molar-refractivity contribution in [2.45, 2.75) is 51.6 Å². The van der Waals surface area contributed by atoms with Gasteiger partial charge in [0.2, 0.25) is 0 Å². The molecule has 0 radical (unpaired) electrons. The van der Waals surface area contributed by atoms with E-state index in [1.54, 1.807) is 0 Å². The summed E-state index contributed by atoms with van der Waals surface area (Å²) in [5.74, 6) is 1.87. The number of hydrogen-bond acceptors (Lipinski definition) is 1. The molecule has 2 aliphatic rings. The quantitative estimate of drug-likeness (QED) is 0.536. The number of nitrogens with zero attached hydrogens (tertiary/aromatic N) is 1. The average Bonchev–Trinajstić information content (AvgIpc) is 2.37. The van der Waals surface area contributed by atoms with Crippen LogP contribution in [0.5, 0.6) is 0 Å². The third-order valence-corrected chi connectivity index (χ3v) is 4.20. The Hall–Kier alpha value is -0.0400. The van der Waals surface area contributed by atoms with Gasteiger partial charge in [0, 0.05) is 12.1 Å². The molecule has 2 aliphatic heterocycles. The van der Waals surface area contributed by atoms with Gasteiger partial charge in [-0.3, -0.25) is 4.90 Å². The SMILES string of the molecule is CC1CCC(C)C2CCC1N2C. The maximum Gasteiger partial charge on any atom is 0.0121 e. The molecule has 2 saturated heterocycles. The Morgan fingerprint density at radius 3 is 1.67 bits per heavy atom. The van der Waals surface area contributed by atoms with Gasteiger partial charge in [0.1, 0.15) is 0 Å². The molecule has 12 heavy (non-hydrogen) atoms. The van der Waals surface area contributed by atoms with Crippen LogP contribution in [-0.2, 0) is 0 Å².